The molecule has 27 heavy (non-hydrogen) atoms. The highest BCUT2D eigenvalue weighted by Gasteiger charge is 2.39. The van der Waals surface area contributed by atoms with Crippen LogP contribution in [0.15, 0.2) is 48.5 Å². The van der Waals surface area contributed by atoms with E-state index in [4.69, 9.17) is 10.5 Å². The smallest absolute Gasteiger partial charge is 0.252 e. The molecule has 0 unspecified atom stereocenters. The Labute approximate surface area is 157 Å². The third-order valence-electron chi connectivity index (χ3n) is 5.48. The van der Waals surface area contributed by atoms with Gasteiger partial charge in [0.2, 0.25) is 0 Å². The number of aliphatic hydroxyl groups excluding tert-OH is 1. The Morgan fingerprint density at radius 2 is 1.93 bits per heavy atom. The molecule has 0 radical (unpaired) electrons. The Morgan fingerprint density at radius 1 is 1.19 bits per heavy atom. The molecular formula is C21H23FN2O3. The first kappa shape index (κ1) is 18.1. The normalized spacial score (nSPS) is 27.9. The van der Waals surface area contributed by atoms with Crippen molar-refractivity contribution in [2.75, 3.05) is 13.2 Å². The summed E-state index contributed by atoms with van der Waals surface area (Å²) in [7, 11) is 0. The lowest BCUT2D eigenvalue weighted by Crippen LogP contribution is -2.53. The van der Waals surface area contributed by atoms with Crippen molar-refractivity contribution in [1.29, 1.82) is 0 Å². The van der Waals surface area contributed by atoms with Gasteiger partial charge in [-0.25, -0.2) is 4.39 Å². The SMILES string of the molecule is N[C@H]1C[C@H](C(=O)N2CCc3ccccc3[C@@H]2c2ccc(F)cc2)OC[C@H]1O. The fourth-order valence-electron chi connectivity index (χ4n) is 3.98. The number of hydrogen-bond acceptors (Lipinski definition) is 4. The minimum Gasteiger partial charge on any atom is -0.389 e. The first-order valence-corrected chi connectivity index (χ1v) is 9.23. The molecule has 3 N–H and O–H groups in total. The van der Waals surface area contributed by atoms with Gasteiger partial charge in [-0.1, -0.05) is 36.4 Å². The third-order valence-corrected chi connectivity index (χ3v) is 5.48. The van der Waals surface area contributed by atoms with E-state index in [2.05, 4.69) is 6.07 Å². The number of nitrogens with zero attached hydrogens (tertiary/aromatic N) is 1. The van der Waals surface area contributed by atoms with Gasteiger partial charge in [-0.3, -0.25) is 4.79 Å². The lowest BCUT2D eigenvalue weighted by molar-refractivity contribution is -0.154. The fourth-order valence-corrected chi connectivity index (χ4v) is 3.98. The lowest BCUT2D eigenvalue weighted by atomic mass is 9.87. The second-order valence-electron chi connectivity index (χ2n) is 7.22. The number of benzene rings is 2. The van der Waals surface area contributed by atoms with Gasteiger partial charge < -0.3 is 20.5 Å². The van der Waals surface area contributed by atoms with Crippen LogP contribution in [0, 0.1) is 5.82 Å². The maximum atomic E-state index is 13.4. The van der Waals surface area contributed by atoms with Crippen LogP contribution in [0.3, 0.4) is 0 Å². The van der Waals surface area contributed by atoms with Gasteiger partial charge in [-0.05, 0) is 35.2 Å². The Bertz CT molecular complexity index is 826. The van der Waals surface area contributed by atoms with E-state index in [-0.39, 0.29) is 30.8 Å². The molecule has 2 aromatic carbocycles. The number of rotatable bonds is 2. The predicted octanol–water partition coefficient (Wildman–Crippen LogP) is 1.78. The molecule has 0 aliphatic carbocycles. The molecule has 142 valence electrons. The number of ether oxygens (including phenoxy) is 1. The second-order valence-corrected chi connectivity index (χ2v) is 7.22. The highest BCUT2D eigenvalue weighted by atomic mass is 19.1. The maximum Gasteiger partial charge on any atom is 0.252 e. The van der Waals surface area contributed by atoms with Crippen LogP contribution < -0.4 is 5.73 Å². The number of hydrogen-bond donors (Lipinski definition) is 2. The van der Waals surface area contributed by atoms with Gasteiger partial charge in [0.05, 0.1) is 18.8 Å². The number of fused-ring (bicyclic) bond motifs is 1. The van der Waals surface area contributed by atoms with Gasteiger partial charge in [-0.15, -0.1) is 0 Å². The van der Waals surface area contributed by atoms with Crippen molar-refractivity contribution in [2.45, 2.75) is 37.1 Å². The Hall–Kier alpha value is -2.28. The van der Waals surface area contributed by atoms with Crippen LogP contribution in [0.5, 0.6) is 0 Å². The van der Waals surface area contributed by atoms with Crippen LogP contribution in [-0.4, -0.2) is 47.3 Å². The number of carbonyl (C=O) groups excluding carboxylic acids is 1. The summed E-state index contributed by atoms with van der Waals surface area (Å²) in [5, 5.41) is 9.76. The van der Waals surface area contributed by atoms with E-state index in [1.54, 1.807) is 17.0 Å². The van der Waals surface area contributed by atoms with Crippen LogP contribution in [0.4, 0.5) is 4.39 Å². The zero-order valence-electron chi connectivity index (χ0n) is 14.9. The van der Waals surface area contributed by atoms with Gasteiger partial charge >= 0.3 is 0 Å². The van der Waals surface area contributed by atoms with Crippen molar-refractivity contribution >= 4 is 5.91 Å². The van der Waals surface area contributed by atoms with E-state index in [0.29, 0.717) is 6.54 Å². The molecule has 2 aliphatic rings. The highest BCUT2D eigenvalue weighted by molar-refractivity contribution is 5.82. The van der Waals surface area contributed by atoms with Crippen LogP contribution in [0.25, 0.3) is 0 Å². The van der Waals surface area contributed by atoms with E-state index in [1.165, 1.54) is 17.7 Å². The summed E-state index contributed by atoms with van der Waals surface area (Å²) >= 11 is 0. The number of aliphatic hydroxyl groups is 1. The minimum atomic E-state index is -0.746. The Kier molecular flexibility index (Phi) is 4.95. The Morgan fingerprint density at radius 3 is 2.67 bits per heavy atom. The van der Waals surface area contributed by atoms with Crippen molar-refractivity contribution in [3.63, 3.8) is 0 Å². The summed E-state index contributed by atoms with van der Waals surface area (Å²) < 4.78 is 19.0. The first-order valence-electron chi connectivity index (χ1n) is 9.23. The molecule has 2 aliphatic heterocycles. The van der Waals surface area contributed by atoms with Crippen molar-refractivity contribution < 1.29 is 19.0 Å². The summed E-state index contributed by atoms with van der Waals surface area (Å²) in [6.07, 6.45) is -0.379. The average molecular weight is 370 g/mol. The standard InChI is InChI=1S/C21H23FN2O3/c22-15-7-5-14(6-8-15)20-16-4-2-1-3-13(16)9-10-24(20)21(26)19-11-17(23)18(25)12-27-19/h1-8,17-20,25H,9-12,23H2/t17-,18+,19+,20-/m0/s1. The molecule has 0 spiro atoms. The quantitative estimate of drug-likeness (QED) is 0.845. The molecule has 1 fully saturated rings. The largest absolute Gasteiger partial charge is 0.389 e. The molecule has 5 nitrogen and oxygen atoms in total. The topological polar surface area (TPSA) is 75.8 Å². The van der Waals surface area contributed by atoms with Gasteiger partial charge in [0.15, 0.2) is 0 Å². The Balaban J connectivity index is 1.68. The number of nitrogens with two attached hydrogens (primary N) is 1. The van der Waals surface area contributed by atoms with Crippen molar-refractivity contribution in [1.82, 2.24) is 4.90 Å². The molecule has 1 saturated heterocycles. The zero-order chi connectivity index (χ0) is 19.0. The molecule has 6 heteroatoms. The minimum absolute atomic E-state index is 0.0587. The molecule has 2 heterocycles. The van der Waals surface area contributed by atoms with Crippen LogP contribution in [0.1, 0.15) is 29.2 Å². The van der Waals surface area contributed by atoms with Gasteiger partial charge in [0.25, 0.3) is 5.91 Å². The van der Waals surface area contributed by atoms with E-state index < -0.39 is 18.2 Å². The van der Waals surface area contributed by atoms with Gasteiger partial charge in [0, 0.05) is 19.0 Å². The molecule has 0 aromatic heterocycles. The van der Waals surface area contributed by atoms with E-state index >= 15 is 0 Å². The first-order chi connectivity index (χ1) is 13.0. The molecule has 4 rings (SSSR count). The fraction of sp³-hybridized carbons (Fsp3) is 0.381. The summed E-state index contributed by atoms with van der Waals surface area (Å²) in [5.74, 6) is -0.447. The third kappa shape index (κ3) is 3.48. The van der Waals surface area contributed by atoms with E-state index in [0.717, 1.165) is 17.5 Å². The lowest BCUT2D eigenvalue weighted by Gasteiger charge is -2.41. The summed E-state index contributed by atoms with van der Waals surface area (Å²) in [6, 6.07) is 13.5. The zero-order valence-corrected chi connectivity index (χ0v) is 14.9. The summed E-state index contributed by atoms with van der Waals surface area (Å²) in [6.45, 7) is 0.610. The second kappa shape index (κ2) is 7.38. The molecule has 2 aromatic rings. The van der Waals surface area contributed by atoms with Gasteiger partial charge in [0.1, 0.15) is 11.9 Å². The average Bonchev–Trinajstić information content (AvgIpc) is 2.69. The number of amides is 1. The van der Waals surface area contributed by atoms with E-state index in [1.807, 2.05) is 18.2 Å². The monoisotopic (exact) mass is 370 g/mol. The van der Waals surface area contributed by atoms with Crippen LogP contribution in [0.2, 0.25) is 0 Å². The van der Waals surface area contributed by atoms with Crippen molar-refractivity contribution in [3.05, 3.63) is 71.0 Å². The summed E-state index contributed by atoms with van der Waals surface area (Å²) in [4.78, 5) is 15.1. The number of halogens is 1. The van der Waals surface area contributed by atoms with Crippen molar-refractivity contribution in [2.24, 2.45) is 5.73 Å². The molecule has 0 bridgehead atoms. The molecule has 1 amide bonds. The van der Waals surface area contributed by atoms with Crippen molar-refractivity contribution in [3.8, 4) is 0 Å². The van der Waals surface area contributed by atoms with Gasteiger partial charge in [-0.2, -0.15) is 0 Å². The number of carbonyl (C=O) groups is 1. The predicted molar refractivity (Wildman–Crippen MR) is 98.4 cm³/mol. The summed E-state index contributed by atoms with van der Waals surface area (Å²) in [5.41, 5.74) is 9.02. The van der Waals surface area contributed by atoms with Crippen LogP contribution >= 0.6 is 0 Å². The van der Waals surface area contributed by atoms with Crippen LogP contribution in [-0.2, 0) is 16.0 Å². The molecule has 0 saturated carbocycles. The maximum absolute atomic E-state index is 13.4. The molecule has 4 atom stereocenters. The molecular weight excluding hydrogens is 347 g/mol. The van der Waals surface area contributed by atoms with E-state index in [9.17, 15) is 14.3 Å². The highest BCUT2D eigenvalue weighted by Crippen LogP contribution is 2.36.